The predicted molar refractivity (Wildman–Crippen MR) is 174 cm³/mol. The van der Waals surface area contributed by atoms with Crippen molar-refractivity contribution >= 4 is 0 Å². The number of nitrogens with one attached hydrogen (secondary N) is 1. The summed E-state index contributed by atoms with van der Waals surface area (Å²) in [6, 6.07) is 9.34. The number of aryl methyl sites for hydroxylation is 2. The van der Waals surface area contributed by atoms with E-state index in [1.165, 1.54) is 24.0 Å². The molecule has 3 N–H and O–H groups in total. The van der Waals surface area contributed by atoms with Crippen molar-refractivity contribution in [3.05, 3.63) is 57.6 Å². The first-order chi connectivity index (χ1) is 18.2. The van der Waals surface area contributed by atoms with Gasteiger partial charge in [-0.1, -0.05) is 121 Å². The lowest BCUT2D eigenvalue weighted by atomic mass is 9.77. The molecule has 0 spiro atoms. The van der Waals surface area contributed by atoms with Gasteiger partial charge in [0.1, 0.15) is 11.5 Å². The smallest absolute Gasteiger partial charge is 0.123 e. The summed E-state index contributed by atoms with van der Waals surface area (Å²) in [5.74, 6) is 0.913. The van der Waals surface area contributed by atoms with Crippen molar-refractivity contribution in [2.75, 3.05) is 6.54 Å². The Balaban J connectivity index is 2.36. The van der Waals surface area contributed by atoms with Crippen LogP contribution < -0.4 is 5.32 Å². The Hall–Kier alpha value is -2.00. The van der Waals surface area contributed by atoms with Crippen LogP contribution >= 0.6 is 0 Å². The lowest BCUT2D eigenvalue weighted by molar-refractivity contribution is 0.420. The van der Waals surface area contributed by atoms with Crippen molar-refractivity contribution in [1.29, 1.82) is 0 Å². The molecule has 0 heterocycles. The third-order valence-electron chi connectivity index (χ3n) is 8.10. The number of aromatic hydroxyl groups is 2. The molecule has 0 aliphatic heterocycles. The molecule has 0 saturated heterocycles. The molecule has 40 heavy (non-hydrogen) atoms. The summed E-state index contributed by atoms with van der Waals surface area (Å²) in [5.41, 5.74) is 6.31. The molecular formula is C37H61NO2. The third-order valence-corrected chi connectivity index (χ3v) is 8.10. The molecule has 0 saturated carbocycles. The molecule has 0 fully saturated rings. The van der Waals surface area contributed by atoms with Gasteiger partial charge in [-0.15, -0.1) is 0 Å². The molecule has 2 aromatic rings. The first-order valence-electron chi connectivity index (χ1n) is 15.6. The SMILES string of the molecule is CCCCNC(CCc1cc(C(C)(C)C)c(O)c(C(C)(C)C)c1)CCc1cc(C(C)(C)C)c(O)c(C(C)(C)C)c1. The van der Waals surface area contributed by atoms with Gasteiger partial charge < -0.3 is 15.5 Å². The maximum Gasteiger partial charge on any atom is 0.123 e. The van der Waals surface area contributed by atoms with Crippen LogP contribution in [0.1, 0.15) is 149 Å². The number of phenols is 2. The zero-order chi connectivity index (χ0) is 30.7. The number of hydrogen-bond acceptors (Lipinski definition) is 3. The number of phenolic OH excluding ortho intramolecular Hbond substituents is 2. The van der Waals surface area contributed by atoms with Gasteiger partial charge >= 0.3 is 0 Å². The van der Waals surface area contributed by atoms with Gasteiger partial charge in [0, 0.05) is 6.04 Å². The highest BCUT2D eigenvalue weighted by Gasteiger charge is 2.28. The summed E-state index contributed by atoms with van der Waals surface area (Å²) < 4.78 is 0. The fourth-order valence-corrected chi connectivity index (χ4v) is 5.48. The largest absolute Gasteiger partial charge is 0.507 e. The fourth-order valence-electron chi connectivity index (χ4n) is 5.48. The lowest BCUT2D eigenvalue weighted by Crippen LogP contribution is -2.31. The van der Waals surface area contributed by atoms with E-state index < -0.39 is 0 Å². The molecule has 0 unspecified atom stereocenters. The van der Waals surface area contributed by atoms with E-state index in [1.54, 1.807) is 0 Å². The van der Waals surface area contributed by atoms with Crippen molar-refractivity contribution in [2.24, 2.45) is 0 Å². The molecule has 0 aliphatic rings. The standard InChI is InChI=1S/C37H61NO2/c1-14-15-20-38-27(18-16-25-21-28(34(2,3)4)32(39)29(22-25)35(5,6)7)19-17-26-23-30(36(8,9)10)33(40)31(24-26)37(11,12)13/h21-24,27,38-40H,14-20H2,1-13H3. The van der Waals surface area contributed by atoms with Crippen LogP contribution in [0, 0.1) is 0 Å². The maximum atomic E-state index is 11.2. The van der Waals surface area contributed by atoms with Crippen LogP contribution in [0.25, 0.3) is 0 Å². The molecule has 0 aromatic heterocycles. The topological polar surface area (TPSA) is 52.5 Å². The minimum Gasteiger partial charge on any atom is -0.507 e. The van der Waals surface area contributed by atoms with Crippen LogP contribution in [0.15, 0.2) is 24.3 Å². The molecule has 0 bridgehead atoms. The van der Waals surface area contributed by atoms with E-state index in [9.17, 15) is 10.2 Å². The highest BCUT2D eigenvalue weighted by molar-refractivity contribution is 5.51. The van der Waals surface area contributed by atoms with Gasteiger partial charge in [0.2, 0.25) is 0 Å². The van der Waals surface area contributed by atoms with E-state index in [2.05, 4.69) is 120 Å². The Morgan fingerprint density at radius 1 is 0.575 bits per heavy atom. The molecule has 0 aliphatic carbocycles. The molecule has 0 radical (unpaired) electrons. The predicted octanol–water partition coefficient (Wildman–Crippen LogP) is 9.61. The Morgan fingerprint density at radius 3 is 1.12 bits per heavy atom. The van der Waals surface area contributed by atoms with Crippen LogP contribution in [0.3, 0.4) is 0 Å². The number of benzene rings is 2. The average Bonchev–Trinajstić information content (AvgIpc) is 2.78. The van der Waals surface area contributed by atoms with Gasteiger partial charge in [-0.2, -0.15) is 0 Å². The van der Waals surface area contributed by atoms with Gasteiger partial charge in [-0.3, -0.25) is 0 Å². The van der Waals surface area contributed by atoms with Gasteiger partial charge in [0.25, 0.3) is 0 Å². The van der Waals surface area contributed by atoms with Crippen LogP contribution in [-0.2, 0) is 34.5 Å². The summed E-state index contributed by atoms with van der Waals surface area (Å²) in [4.78, 5) is 0. The van der Waals surface area contributed by atoms with Crippen molar-refractivity contribution in [1.82, 2.24) is 5.32 Å². The Kier molecular flexibility index (Phi) is 11.0. The summed E-state index contributed by atoms with van der Waals surface area (Å²) >= 11 is 0. The van der Waals surface area contributed by atoms with Gasteiger partial charge in [-0.25, -0.2) is 0 Å². The van der Waals surface area contributed by atoms with Crippen LogP contribution in [0.2, 0.25) is 0 Å². The van der Waals surface area contributed by atoms with E-state index in [1.807, 2.05) is 0 Å². The minimum atomic E-state index is -0.118. The first kappa shape index (κ1) is 34.2. The van der Waals surface area contributed by atoms with E-state index in [0.717, 1.165) is 54.5 Å². The second-order valence-corrected chi connectivity index (χ2v) is 16.2. The molecule has 0 amide bonds. The molecular weight excluding hydrogens is 490 g/mol. The van der Waals surface area contributed by atoms with Gasteiger partial charge in [0.05, 0.1) is 0 Å². The van der Waals surface area contributed by atoms with Crippen LogP contribution in [0.4, 0.5) is 0 Å². The molecule has 226 valence electrons. The quantitative estimate of drug-likeness (QED) is 0.258. The van der Waals surface area contributed by atoms with Crippen molar-refractivity contribution in [3.8, 4) is 11.5 Å². The van der Waals surface area contributed by atoms with Gasteiger partial charge in [0.15, 0.2) is 0 Å². The Bertz CT molecular complexity index is 961. The Morgan fingerprint density at radius 2 is 0.875 bits per heavy atom. The van der Waals surface area contributed by atoms with E-state index >= 15 is 0 Å². The number of hydrogen-bond donors (Lipinski definition) is 3. The zero-order valence-corrected chi connectivity index (χ0v) is 28.2. The van der Waals surface area contributed by atoms with Crippen molar-refractivity contribution in [3.63, 3.8) is 0 Å². The van der Waals surface area contributed by atoms with Gasteiger partial charge in [-0.05, 0) is 93.7 Å². The summed E-state index contributed by atoms with van der Waals surface area (Å²) in [6.07, 6.45) is 6.43. The normalized spacial score (nSPS) is 13.3. The highest BCUT2D eigenvalue weighted by atomic mass is 16.3. The highest BCUT2D eigenvalue weighted by Crippen LogP contribution is 2.41. The summed E-state index contributed by atoms with van der Waals surface area (Å²) in [6.45, 7) is 29.5. The Labute approximate surface area is 247 Å². The molecule has 0 atom stereocenters. The van der Waals surface area contributed by atoms with E-state index in [4.69, 9.17) is 0 Å². The van der Waals surface area contributed by atoms with Crippen molar-refractivity contribution < 1.29 is 10.2 Å². The number of rotatable bonds is 10. The maximum absolute atomic E-state index is 11.2. The zero-order valence-electron chi connectivity index (χ0n) is 28.2. The van der Waals surface area contributed by atoms with Crippen LogP contribution in [0.5, 0.6) is 11.5 Å². The summed E-state index contributed by atoms with van der Waals surface area (Å²) in [5, 5.41) is 26.2. The number of unbranched alkanes of at least 4 members (excludes halogenated alkanes) is 1. The monoisotopic (exact) mass is 551 g/mol. The third kappa shape index (κ3) is 9.26. The van der Waals surface area contributed by atoms with E-state index in [0.29, 0.717) is 17.5 Å². The second-order valence-electron chi connectivity index (χ2n) is 16.2. The molecule has 2 aromatic carbocycles. The molecule has 3 heteroatoms. The lowest BCUT2D eigenvalue weighted by Gasteiger charge is -2.29. The minimum absolute atomic E-state index is 0.118. The molecule has 3 nitrogen and oxygen atoms in total. The van der Waals surface area contributed by atoms with Crippen LogP contribution in [-0.4, -0.2) is 22.8 Å². The average molecular weight is 552 g/mol. The first-order valence-corrected chi connectivity index (χ1v) is 15.6. The van der Waals surface area contributed by atoms with Crippen molar-refractivity contribution in [2.45, 2.75) is 156 Å². The fraction of sp³-hybridized carbons (Fsp3) is 0.676. The molecule has 2 rings (SSSR count). The second kappa shape index (κ2) is 12.9. The van der Waals surface area contributed by atoms with E-state index in [-0.39, 0.29) is 21.7 Å². The summed E-state index contributed by atoms with van der Waals surface area (Å²) in [7, 11) is 0.